The Morgan fingerprint density at radius 2 is 1.92 bits per heavy atom. The maximum atomic E-state index is 13.8. The summed E-state index contributed by atoms with van der Waals surface area (Å²) in [5.41, 5.74) is 2.05. The second kappa shape index (κ2) is 7.81. The first kappa shape index (κ1) is 17.0. The van der Waals surface area contributed by atoms with Crippen LogP contribution in [-0.2, 0) is 17.7 Å². The molecule has 130 valence electrons. The third-order valence-corrected chi connectivity index (χ3v) is 4.46. The second-order valence-corrected chi connectivity index (χ2v) is 6.13. The van der Waals surface area contributed by atoms with Crippen molar-refractivity contribution in [2.75, 3.05) is 31.2 Å². The lowest BCUT2D eigenvalue weighted by Crippen LogP contribution is -2.37. The molecule has 1 aromatic carbocycles. The molecule has 1 aliphatic rings. The van der Waals surface area contributed by atoms with Crippen LogP contribution in [-0.4, -0.2) is 26.3 Å². The number of nitrogens with zero attached hydrogens (tertiary/aromatic N) is 1. The third kappa shape index (κ3) is 3.97. The summed E-state index contributed by atoms with van der Waals surface area (Å²) in [4.78, 5) is 2.26. The summed E-state index contributed by atoms with van der Waals surface area (Å²) in [5, 5.41) is 3.44. The van der Waals surface area contributed by atoms with E-state index in [1.807, 2.05) is 18.2 Å². The Balaban J connectivity index is 1.72. The van der Waals surface area contributed by atoms with Gasteiger partial charge < -0.3 is 19.4 Å². The fourth-order valence-corrected chi connectivity index (χ4v) is 3.04. The van der Waals surface area contributed by atoms with E-state index in [1.165, 1.54) is 6.07 Å². The highest BCUT2D eigenvalue weighted by Gasteiger charge is 2.19. The van der Waals surface area contributed by atoms with Crippen molar-refractivity contribution in [3.63, 3.8) is 0 Å². The highest BCUT2D eigenvalue weighted by molar-refractivity contribution is 5.55. The molecule has 1 unspecified atom stereocenters. The minimum Gasteiger partial charge on any atom is -0.465 e. The number of benzene rings is 1. The summed E-state index contributed by atoms with van der Waals surface area (Å²) in [6.45, 7) is 7.85. The molecule has 24 heavy (non-hydrogen) atoms. The summed E-state index contributed by atoms with van der Waals surface area (Å²) in [5.74, 6) is 1.68. The van der Waals surface area contributed by atoms with Gasteiger partial charge in [-0.05, 0) is 42.8 Å². The number of hydrogen-bond acceptors (Lipinski definition) is 4. The minimum absolute atomic E-state index is 0.0220. The van der Waals surface area contributed by atoms with E-state index >= 15 is 0 Å². The topological polar surface area (TPSA) is 37.6 Å². The van der Waals surface area contributed by atoms with E-state index in [9.17, 15) is 4.39 Å². The van der Waals surface area contributed by atoms with E-state index in [2.05, 4.69) is 24.1 Å². The Bertz CT molecular complexity index is 665. The van der Waals surface area contributed by atoms with Crippen molar-refractivity contribution < 1.29 is 13.5 Å². The van der Waals surface area contributed by atoms with Crippen LogP contribution in [0.25, 0.3) is 0 Å². The number of furan rings is 1. The Kier molecular flexibility index (Phi) is 5.53. The molecular formula is C19H25FN2O2. The molecule has 2 aromatic rings. The lowest BCUT2D eigenvalue weighted by atomic mass is 10.0. The van der Waals surface area contributed by atoms with Gasteiger partial charge >= 0.3 is 0 Å². The summed E-state index contributed by atoms with van der Waals surface area (Å²) in [6.07, 6.45) is 0.890. The lowest BCUT2D eigenvalue weighted by molar-refractivity contribution is 0.122. The van der Waals surface area contributed by atoms with E-state index in [-0.39, 0.29) is 11.9 Å². The maximum Gasteiger partial charge on any atom is 0.123 e. The van der Waals surface area contributed by atoms with Crippen LogP contribution in [0.5, 0.6) is 0 Å². The fourth-order valence-electron chi connectivity index (χ4n) is 3.04. The largest absolute Gasteiger partial charge is 0.465 e. The zero-order valence-corrected chi connectivity index (χ0v) is 14.3. The summed E-state index contributed by atoms with van der Waals surface area (Å²) >= 11 is 0. The number of morpholine rings is 1. The van der Waals surface area contributed by atoms with Crippen molar-refractivity contribution in [3.8, 4) is 0 Å². The Morgan fingerprint density at radius 1 is 1.17 bits per heavy atom. The molecule has 1 atom stereocenters. The number of ether oxygens (including phenoxy) is 1. The number of aryl methyl sites for hydroxylation is 1. The lowest BCUT2D eigenvalue weighted by Gasteiger charge is -2.32. The molecule has 0 spiro atoms. The third-order valence-electron chi connectivity index (χ3n) is 4.46. The fraction of sp³-hybridized carbons (Fsp3) is 0.474. The van der Waals surface area contributed by atoms with Gasteiger partial charge in [0.05, 0.1) is 19.8 Å². The molecule has 1 N–H and O–H groups in total. The molecule has 2 heterocycles. The number of hydrogen-bond donors (Lipinski definition) is 1. The van der Waals surface area contributed by atoms with Crippen molar-refractivity contribution >= 4 is 5.69 Å². The predicted octanol–water partition coefficient (Wildman–Crippen LogP) is 3.67. The number of halogens is 1. The molecule has 1 saturated heterocycles. The SMILES string of the molecule is CCc1ccc(CNC(C)c2cc(F)ccc2N2CCOCC2)o1. The van der Waals surface area contributed by atoms with Crippen molar-refractivity contribution in [2.45, 2.75) is 32.9 Å². The van der Waals surface area contributed by atoms with Crippen LogP contribution in [0.15, 0.2) is 34.7 Å². The molecule has 5 heteroatoms. The van der Waals surface area contributed by atoms with Gasteiger partial charge in [-0.2, -0.15) is 0 Å². The zero-order chi connectivity index (χ0) is 16.9. The van der Waals surface area contributed by atoms with Crippen LogP contribution in [0.4, 0.5) is 10.1 Å². The molecule has 0 saturated carbocycles. The highest BCUT2D eigenvalue weighted by Crippen LogP contribution is 2.28. The van der Waals surface area contributed by atoms with Gasteiger partial charge in [0.25, 0.3) is 0 Å². The zero-order valence-electron chi connectivity index (χ0n) is 14.3. The molecule has 0 aliphatic carbocycles. The van der Waals surface area contributed by atoms with Gasteiger partial charge in [0, 0.05) is 31.2 Å². The van der Waals surface area contributed by atoms with Gasteiger partial charge in [-0.15, -0.1) is 0 Å². The molecule has 0 bridgehead atoms. The van der Waals surface area contributed by atoms with Gasteiger partial charge in [0.1, 0.15) is 17.3 Å². The minimum atomic E-state index is -0.207. The van der Waals surface area contributed by atoms with Gasteiger partial charge in [-0.25, -0.2) is 4.39 Å². The second-order valence-electron chi connectivity index (χ2n) is 6.13. The number of anilines is 1. The monoisotopic (exact) mass is 332 g/mol. The van der Waals surface area contributed by atoms with E-state index in [0.717, 1.165) is 42.3 Å². The van der Waals surface area contributed by atoms with Gasteiger partial charge in [0.2, 0.25) is 0 Å². The average Bonchev–Trinajstić information content (AvgIpc) is 3.08. The van der Waals surface area contributed by atoms with Gasteiger partial charge in [-0.3, -0.25) is 0 Å². The first-order valence-electron chi connectivity index (χ1n) is 8.60. The van der Waals surface area contributed by atoms with Crippen molar-refractivity contribution in [2.24, 2.45) is 0 Å². The van der Waals surface area contributed by atoms with E-state index < -0.39 is 0 Å². The first-order valence-corrected chi connectivity index (χ1v) is 8.60. The molecule has 1 aliphatic heterocycles. The van der Waals surface area contributed by atoms with Gasteiger partial charge in [0.15, 0.2) is 0 Å². The van der Waals surface area contributed by atoms with Gasteiger partial charge in [-0.1, -0.05) is 6.92 Å². The van der Waals surface area contributed by atoms with Crippen molar-refractivity contribution in [1.82, 2.24) is 5.32 Å². The molecule has 3 rings (SSSR count). The first-order chi connectivity index (χ1) is 11.7. The quantitative estimate of drug-likeness (QED) is 0.876. The molecule has 4 nitrogen and oxygen atoms in total. The summed E-state index contributed by atoms with van der Waals surface area (Å²) in [6, 6.07) is 9.05. The highest BCUT2D eigenvalue weighted by atomic mass is 19.1. The van der Waals surface area contributed by atoms with E-state index in [4.69, 9.17) is 9.15 Å². The standard InChI is InChI=1S/C19H25FN2O2/c1-3-16-5-6-17(24-16)13-21-14(2)18-12-15(20)4-7-19(18)22-8-10-23-11-9-22/h4-7,12,14,21H,3,8-11,13H2,1-2H3. The van der Waals surface area contributed by atoms with E-state index in [1.54, 1.807) is 6.07 Å². The molecule has 1 fully saturated rings. The molecule has 0 amide bonds. The maximum absolute atomic E-state index is 13.8. The van der Waals surface area contributed by atoms with E-state index in [0.29, 0.717) is 19.8 Å². The number of rotatable bonds is 6. The van der Waals surface area contributed by atoms with Crippen LogP contribution < -0.4 is 10.2 Å². The summed E-state index contributed by atoms with van der Waals surface area (Å²) < 4.78 is 24.9. The average molecular weight is 332 g/mol. The van der Waals surface area contributed by atoms with Crippen LogP contribution in [0.3, 0.4) is 0 Å². The van der Waals surface area contributed by atoms with Crippen LogP contribution in [0, 0.1) is 5.82 Å². The van der Waals surface area contributed by atoms with Crippen molar-refractivity contribution in [3.05, 3.63) is 53.2 Å². The Labute approximate surface area is 142 Å². The normalized spacial score (nSPS) is 16.4. The van der Waals surface area contributed by atoms with Crippen molar-refractivity contribution in [1.29, 1.82) is 0 Å². The smallest absolute Gasteiger partial charge is 0.123 e. The Hall–Kier alpha value is -1.85. The molecular weight excluding hydrogens is 307 g/mol. The molecule has 0 radical (unpaired) electrons. The summed E-state index contributed by atoms with van der Waals surface area (Å²) in [7, 11) is 0. The predicted molar refractivity (Wildman–Crippen MR) is 92.8 cm³/mol. The van der Waals surface area contributed by atoms with Crippen LogP contribution in [0.1, 0.15) is 37.0 Å². The van der Waals surface area contributed by atoms with Crippen LogP contribution in [0.2, 0.25) is 0 Å². The van der Waals surface area contributed by atoms with Crippen LogP contribution >= 0.6 is 0 Å². The molecule has 1 aromatic heterocycles. The Morgan fingerprint density at radius 3 is 2.62 bits per heavy atom. The number of nitrogens with one attached hydrogen (secondary N) is 1.